The van der Waals surface area contributed by atoms with Gasteiger partial charge in [-0.3, -0.25) is 0 Å². The molecule has 2 aromatic rings. The van der Waals surface area contributed by atoms with E-state index in [1.54, 1.807) is 6.20 Å². The Morgan fingerprint density at radius 1 is 1.31 bits per heavy atom. The molecule has 1 aromatic carbocycles. The van der Waals surface area contributed by atoms with Crippen molar-refractivity contribution >= 4 is 0 Å². The van der Waals surface area contributed by atoms with Gasteiger partial charge in [-0.1, -0.05) is 12.1 Å². The summed E-state index contributed by atoms with van der Waals surface area (Å²) in [6, 6.07) is 2.60. The van der Waals surface area contributed by atoms with Crippen molar-refractivity contribution in [1.29, 1.82) is 0 Å². The minimum absolute atomic E-state index is 0.242. The number of aromatic nitrogens is 1. The largest absolute Gasteiger partial charge is 0.356 e. The van der Waals surface area contributed by atoms with Gasteiger partial charge >= 0.3 is 0 Å². The van der Waals surface area contributed by atoms with Gasteiger partial charge < -0.3 is 4.52 Å². The van der Waals surface area contributed by atoms with E-state index in [0.29, 0.717) is 11.3 Å². The molecule has 0 aliphatic rings. The maximum Gasteiger partial charge on any atom is 0.170 e. The second kappa shape index (κ2) is 4.04. The zero-order chi connectivity index (χ0) is 11.7. The molecule has 0 atom stereocenters. The van der Waals surface area contributed by atoms with E-state index in [9.17, 15) is 8.78 Å². The molecule has 0 saturated heterocycles. The second-order valence-electron chi connectivity index (χ2n) is 3.57. The number of halogens is 2. The molecule has 0 unspecified atom stereocenters. The second-order valence-corrected chi connectivity index (χ2v) is 3.57. The summed E-state index contributed by atoms with van der Waals surface area (Å²) in [7, 11) is 0. The maximum atomic E-state index is 13.4. The van der Waals surface area contributed by atoms with Crippen molar-refractivity contribution in [2.24, 2.45) is 0 Å². The van der Waals surface area contributed by atoms with Gasteiger partial charge in [0, 0.05) is 11.1 Å². The maximum absolute atomic E-state index is 13.4. The third-order valence-electron chi connectivity index (χ3n) is 2.61. The fraction of sp³-hybridized carbons (Fsp3) is 0.250. The Labute approximate surface area is 91.9 Å². The van der Waals surface area contributed by atoms with Gasteiger partial charge in [-0.15, -0.1) is 0 Å². The quantitative estimate of drug-likeness (QED) is 0.778. The minimum atomic E-state index is -0.848. The van der Waals surface area contributed by atoms with Gasteiger partial charge in [0.1, 0.15) is 0 Å². The molecule has 0 saturated carbocycles. The summed E-state index contributed by atoms with van der Waals surface area (Å²) in [6.07, 6.45) is 2.33. The molecule has 0 spiro atoms. The van der Waals surface area contributed by atoms with Crippen molar-refractivity contribution in [3.8, 4) is 11.3 Å². The van der Waals surface area contributed by atoms with E-state index in [0.717, 1.165) is 18.1 Å². The fourth-order valence-electron chi connectivity index (χ4n) is 1.63. The van der Waals surface area contributed by atoms with Crippen LogP contribution in [0.5, 0.6) is 0 Å². The summed E-state index contributed by atoms with van der Waals surface area (Å²) < 4.78 is 31.4. The van der Waals surface area contributed by atoms with E-state index in [-0.39, 0.29) is 5.56 Å². The summed E-state index contributed by atoms with van der Waals surface area (Å²) >= 11 is 0. The first kappa shape index (κ1) is 10.8. The van der Waals surface area contributed by atoms with Crippen molar-refractivity contribution in [3.63, 3.8) is 0 Å². The predicted molar refractivity (Wildman–Crippen MR) is 56.0 cm³/mol. The molecule has 4 heteroatoms. The standard InChI is InChI=1S/C12H11F2NO/c1-3-8-6-15-16-12(8)9-4-5-10(13)11(14)7(9)2/h4-6H,3H2,1-2H3. The molecule has 0 aliphatic carbocycles. The van der Waals surface area contributed by atoms with Gasteiger partial charge in [-0.2, -0.15) is 0 Å². The van der Waals surface area contributed by atoms with Crippen molar-refractivity contribution < 1.29 is 13.3 Å². The molecule has 16 heavy (non-hydrogen) atoms. The number of aryl methyl sites for hydroxylation is 1. The van der Waals surface area contributed by atoms with Crippen LogP contribution in [0.3, 0.4) is 0 Å². The van der Waals surface area contributed by atoms with Gasteiger partial charge in [0.25, 0.3) is 0 Å². The zero-order valence-electron chi connectivity index (χ0n) is 9.05. The smallest absolute Gasteiger partial charge is 0.170 e. The molecule has 1 aromatic heterocycles. The summed E-state index contributed by atoms with van der Waals surface area (Å²) in [5.74, 6) is -1.17. The molecule has 0 N–H and O–H groups in total. The number of nitrogens with zero attached hydrogens (tertiary/aromatic N) is 1. The summed E-state index contributed by atoms with van der Waals surface area (Å²) in [4.78, 5) is 0. The van der Waals surface area contributed by atoms with Gasteiger partial charge in [0.05, 0.1) is 6.20 Å². The molecule has 0 radical (unpaired) electrons. The highest BCUT2D eigenvalue weighted by atomic mass is 19.2. The average Bonchev–Trinajstić information content (AvgIpc) is 2.74. The molecule has 84 valence electrons. The molecular formula is C12H11F2NO. The van der Waals surface area contributed by atoms with E-state index in [1.807, 2.05) is 6.92 Å². The lowest BCUT2D eigenvalue weighted by Gasteiger charge is -2.05. The molecule has 0 amide bonds. The Kier molecular flexibility index (Phi) is 2.73. The number of benzene rings is 1. The minimum Gasteiger partial charge on any atom is -0.356 e. The van der Waals surface area contributed by atoms with Gasteiger partial charge in [0.2, 0.25) is 0 Å². The number of hydrogen-bond donors (Lipinski definition) is 0. The normalized spacial score (nSPS) is 10.8. The Bertz CT molecular complexity index is 520. The Morgan fingerprint density at radius 2 is 2.06 bits per heavy atom. The van der Waals surface area contributed by atoms with Crippen molar-refractivity contribution in [2.45, 2.75) is 20.3 Å². The Hall–Kier alpha value is -1.71. The van der Waals surface area contributed by atoms with Crippen molar-refractivity contribution in [2.75, 3.05) is 0 Å². The summed E-state index contributed by atoms with van der Waals surface area (Å²) in [5, 5.41) is 3.67. The van der Waals surface area contributed by atoms with Crippen LogP contribution in [-0.4, -0.2) is 5.16 Å². The van der Waals surface area contributed by atoms with Crippen LogP contribution in [-0.2, 0) is 6.42 Å². The SMILES string of the molecule is CCc1cnoc1-c1ccc(F)c(F)c1C. The highest BCUT2D eigenvalue weighted by molar-refractivity contribution is 5.64. The summed E-state index contributed by atoms with van der Waals surface area (Å²) in [5.41, 5.74) is 1.67. The van der Waals surface area contributed by atoms with E-state index < -0.39 is 11.6 Å². The fourth-order valence-corrected chi connectivity index (χ4v) is 1.63. The zero-order valence-corrected chi connectivity index (χ0v) is 9.05. The molecule has 1 heterocycles. The molecule has 2 rings (SSSR count). The summed E-state index contributed by atoms with van der Waals surface area (Å²) in [6.45, 7) is 3.47. The van der Waals surface area contributed by atoms with Crippen LogP contribution in [0.4, 0.5) is 8.78 Å². The monoisotopic (exact) mass is 223 g/mol. The first-order valence-electron chi connectivity index (χ1n) is 5.03. The highest BCUT2D eigenvalue weighted by Gasteiger charge is 2.16. The van der Waals surface area contributed by atoms with Crippen LogP contribution < -0.4 is 0 Å². The Balaban J connectivity index is 2.61. The van der Waals surface area contributed by atoms with Crippen molar-refractivity contribution in [3.05, 3.63) is 41.1 Å². The van der Waals surface area contributed by atoms with Crippen LogP contribution in [0.1, 0.15) is 18.1 Å². The lowest BCUT2D eigenvalue weighted by molar-refractivity contribution is 0.430. The van der Waals surface area contributed by atoms with Gasteiger partial charge in [0.15, 0.2) is 17.4 Å². The molecule has 2 nitrogen and oxygen atoms in total. The van der Waals surface area contributed by atoms with Crippen LogP contribution in [0.2, 0.25) is 0 Å². The lowest BCUT2D eigenvalue weighted by Crippen LogP contribution is -1.93. The third kappa shape index (κ3) is 1.60. The average molecular weight is 223 g/mol. The van der Waals surface area contributed by atoms with Crippen LogP contribution in [0.15, 0.2) is 22.9 Å². The van der Waals surface area contributed by atoms with Gasteiger partial charge in [-0.05, 0) is 31.0 Å². The third-order valence-corrected chi connectivity index (χ3v) is 2.61. The van der Waals surface area contributed by atoms with Crippen LogP contribution in [0.25, 0.3) is 11.3 Å². The van der Waals surface area contributed by atoms with Crippen molar-refractivity contribution in [1.82, 2.24) is 5.16 Å². The predicted octanol–water partition coefficient (Wildman–Crippen LogP) is 3.49. The lowest BCUT2D eigenvalue weighted by atomic mass is 10.0. The topological polar surface area (TPSA) is 26.0 Å². The molecule has 0 fully saturated rings. The molecule has 0 aliphatic heterocycles. The van der Waals surface area contributed by atoms with Crippen LogP contribution in [0, 0.1) is 18.6 Å². The first-order chi connectivity index (χ1) is 7.65. The molecular weight excluding hydrogens is 212 g/mol. The highest BCUT2D eigenvalue weighted by Crippen LogP contribution is 2.29. The van der Waals surface area contributed by atoms with Crippen LogP contribution >= 0.6 is 0 Å². The van der Waals surface area contributed by atoms with E-state index >= 15 is 0 Å². The van der Waals surface area contributed by atoms with E-state index in [1.165, 1.54) is 13.0 Å². The number of hydrogen-bond acceptors (Lipinski definition) is 2. The first-order valence-corrected chi connectivity index (χ1v) is 5.03. The Morgan fingerprint density at radius 3 is 2.75 bits per heavy atom. The van der Waals surface area contributed by atoms with Gasteiger partial charge in [-0.25, -0.2) is 8.78 Å². The van der Waals surface area contributed by atoms with E-state index in [2.05, 4.69) is 5.16 Å². The number of rotatable bonds is 2. The van der Waals surface area contributed by atoms with E-state index in [4.69, 9.17) is 4.52 Å². The molecule has 0 bridgehead atoms.